The van der Waals surface area contributed by atoms with Gasteiger partial charge in [-0.25, -0.2) is 0 Å². The van der Waals surface area contributed by atoms with Gasteiger partial charge in [0.15, 0.2) is 0 Å². The van der Waals surface area contributed by atoms with Gasteiger partial charge in [0.05, 0.1) is 19.9 Å². The van der Waals surface area contributed by atoms with Crippen molar-refractivity contribution in [3.8, 4) is 11.5 Å². The second kappa shape index (κ2) is 5.70. The quantitative estimate of drug-likeness (QED) is 0.793. The van der Waals surface area contributed by atoms with Gasteiger partial charge in [0.25, 0.3) is 0 Å². The zero-order chi connectivity index (χ0) is 13.9. The van der Waals surface area contributed by atoms with Gasteiger partial charge in [0.2, 0.25) is 0 Å². The summed E-state index contributed by atoms with van der Waals surface area (Å²) in [6, 6.07) is 3.95. The number of hydrogen-bond acceptors (Lipinski definition) is 4. The second-order valence-electron chi connectivity index (χ2n) is 5.41. The highest BCUT2D eigenvalue weighted by molar-refractivity contribution is 5.64. The minimum Gasteiger partial charge on any atom is -0.497 e. The Balaban J connectivity index is 2.11. The van der Waals surface area contributed by atoms with Crippen LogP contribution in [0, 0.1) is 12.3 Å². The van der Waals surface area contributed by atoms with Crippen molar-refractivity contribution in [3.63, 3.8) is 0 Å². The molecule has 0 unspecified atom stereocenters. The van der Waals surface area contributed by atoms with Crippen molar-refractivity contribution in [2.45, 2.75) is 19.8 Å². The van der Waals surface area contributed by atoms with Crippen molar-refractivity contribution in [3.05, 3.63) is 17.7 Å². The molecule has 2 N–H and O–H groups in total. The lowest BCUT2D eigenvalue weighted by molar-refractivity contribution is 0.394. The maximum absolute atomic E-state index is 5.46. The number of aryl methyl sites for hydroxylation is 1. The fraction of sp³-hybridized carbons (Fsp3) is 0.600. The van der Waals surface area contributed by atoms with Crippen molar-refractivity contribution in [2.24, 2.45) is 5.41 Å². The van der Waals surface area contributed by atoms with Crippen LogP contribution in [0.15, 0.2) is 12.1 Å². The molecule has 19 heavy (non-hydrogen) atoms. The molecule has 1 saturated carbocycles. The maximum atomic E-state index is 5.46. The highest BCUT2D eigenvalue weighted by Gasteiger charge is 2.41. The first-order chi connectivity index (χ1) is 9.14. The predicted molar refractivity (Wildman–Crippen MR) is 78.4 cm³/mol. The molecule has 1 aromatic carbocycles. The number of anilines is 1. The van der Waals surface area contributed by atoms with E-state index in [1.54, 1.807) is 14.2 Å². The first-order valence-electron chi connectivity index (χ1n) is 6.75. The molecule has 106 valence electrons. The van der Waals surface area contributed by atoms with Gasteiger partial charge in [-0.1, -0.05) is 0 Å². The van der Waals surface area contributed by atoms with Crippen LogP contribution in [0.5, 0.6) is 11.5 Å². The van der Waals surface area contributed by atoms with Crippen LogP contribution in [0.4, 0.5) is 5.69 Å². The summed E-state index contributed by atoms with van der Waals surface area (Å²) >= 11 is 0. The van der Waals surface area contributed by atoms with Crippen molar-refractivity contribution in [1.82, 2.24) is 5.32 Å². The summed E-state index contributed by atoms with van der Waals surface area (Å²) in [5.41, 5.74) is 2.65. The molecule has 1 aliphatic rings. The number of benzene rings is 1. The highest BCUT2D eigenvalue weighted by atomic mass is 16.5. The van der Waals surface area contributed by atoms with E-state index in [-0.39, 0.29) is 0 Å². The van der Waals surface area contributed by atoms with E-state index in [0.717, 1.165) is 35.8 Å². The molecule has 1 fully saturated rings. The fourth-order valence-corrected chi connectivity index (χ4v) is 2.47. The van der Waals surface area contributed by atoms with E-state index < -0.39 is 0 Å². The fourth-order valence-electron chi connectivity index (χ4n) is 2.47. The molecule has 0 spiro atoms. The molecule has 0 aliphatic heterocycles. The second-order valence-corrected chi connectivity index (χ2v) is 5.41. The Labute approximate surface area is 115 Å². The van der Waals surface area contributed by atoms with Gasteiger partial charge in [-0.15, -0.1) is 0 Å². The van der Waals surface area contributed by atoms with Crippen molar-refractivity contribution < 1.29 is 9.47 Å². The largest absolute Gasteiger partial charge is 0.497 e. The lowest BCUT2D eigenvalue weighted by atomic mass is 10.1. The molecule has 0 saturated heterocycles. The monoisotopic (exact) mass is 264 g/mol. The number of methoxy groups -OCH3 is 2. The summed E-state index contributed by atoms with van der Waals surface area (Å²) in [6.07, 6.45) is 2.58. The van der Waals surface area contributed by atoms with E-state index in [1.165, 1.54) is 12.8 Å². The van der Waals surface area contributed by atoms with E-state index in [2.05, 4.69) is 17.6 Å². The van der Waals surface area contributed by atoms with Crippen LogP contribution in [-0.2, 0) is 0 Å². The average molecular weight is 264 g/mol. The Morgan fingerprint density at radius 3 is 2.42 bits per heavy atom. The molecule has 1 aliphatic carbocycles. The Morgan fingerprint density at radius 1 is 1.16 bits per heavy atom. The first kappa shape index (κ1) is 14.0. The molecule has 1 aromatic rings. The number of hydrogen-bond donors (Lipinski definition) is 2. The van der Waals surface area contributed by atoms with Gasteiger partial charge in [-0.3, -0.25) is 0 Å². The predicted octanol–water partition coefficient (Wildman–Crippen LogP) is 2.42. The summed E-state index contributed by atoms with van der Waals surface area (Å²) in [6.45, 7) is 4.12. The Bertz CT molecular complexity index is 442. The lowest BCUT2D eigenvalue weighted by Gasteiger charge is -2.20. The van der Waals surface area contributed by atoms with Crippen LogP contribution >= 0.6 is 0 Å². The molecule has 0 aromatic heterocycles. The Morgan fingerprint density at radius 2 is 1.89 bits per heavy atom. The smallest absolute Gasteiger partial charge is 0.145 e. The van der Waals surface area contributed by atoms with Crippen LogP contribution in [0.2, 0.25) is 0 Å². The molecule has 0 radical (unpaired) electrons. The minimum atomic E-state index is 0.423. The van der Waals surface area contributed by atoms with E-state index >= 15 is 0 Å². The van der Waals surface area contributed by atoms with Crippen molar-refractivity contribution >= 4 is 5.69 Å². The first-order valence-corrected chi connectivity index (χ1v) is 6.75. The zero-order valence-electron chi connectivity index (χ0n) is 12.3. The van der Waals surface area contributed by atoms with Gasteiger partial charge in [0.1, 0.15) is 11.5 Å². The van der Waals surface area contributed by atoms with E-state index in [9.17, 15) is 0 Å². The number of rotatable bonds is 7. The maximum Gasteiger partial charge on any atom is 0.145 e. The van der Waals surface area contributed by atoms with Crippen molar-refractivity contribution in [2.75, 3.05) is 39.7 Å². The molecular weight excluding hydrogens is 240 g/mol. The zero-order valence-corrected chi connectivity index (χ0v) is 12.3. The topological polar surface area (TPSA) is 42.5 Å². The van der Waals surface area contributed by atoms with Crippen molar-refractivity contribution in [1.29, 1.82) is 0 Å². The average Bonchev–Trinajstić information content (AvgIpc) is 3.17. The van der Waals surface area contributed by atoms with E-state index in [4.69, 9.17) is 9.47 Å². The van der Waals surface area contributed by atoms with Gasteiger partial charge in [-0.2, -0.15) is 0 Å². The summed E-state index contributed by atoms with van der Waals surface area (Å²) in [5.74, 6) is 1.67. The molecule has 2 rings (SSSR count). The number of nitrogens with one attached hydrogen (secondary N) is 2. The van der Waals surface area contributed by atoms with Crippen LogP contribution in [-0.4, -0.2) is 34.4 Å². The third kappa shape index (κ3) is 3.13. The highest BCUT2D eigenvalue weighted by Crippen LogP contribution is 2.45. The summed E-state index contributed by atoms with van der Waals surface area (Å²) in [7, 11) is 5.38. The lowest BCUT2D eigenvalue weighted by Crippen LogP contribution is -2.27. The third-order valence-electron chi connectivity index (χ3n) is 3.88. The van der Waals surface area contributed by atoms with Crippen LogP contribution in [0.3, 0.4) is 0 Å². The molecule has 0 heterocycles. The molecule has 0 bridgehead atoms. The minimum absolute atomic E-state index is 0.423. The molecule has 0 atom stereocenters. The van der Waals surface area contributed by atoms with Gasteiger partial charge >= 0.3 is 0 Å². The Hall–Kier alpha value is -1.42. The molecule has 0 amide bonds. The van der Waals surface area contributed by atoms with Gasteiger partial charge in [-0.05, 0) is 38.4 Å². The third-order valence-corrected chi connectivity index (χ3v) is 3.88. The molecular formula is C15H24N2O2. The molecule has 4 heteroatoms. The Kier molecular flexibility index (Phi) is 4.20. The molecule has 4 nitrogen and oxygen atoms in total. The number of ether oxygens (including phenoxy) is 2. The summed E-state index contributed by atoms with van der Waals surface area (Å²) in [4.78, 5) is 0. The SMILES string of the molecule is CNCC1(CNc2c(C)cc(OC)cc2OC)CC1. The van der Waals surface area contributed by atoms with Gasteiger partial charge < -0.3 is 20.1 Å². The van der Waals surface area contributed by atoms with Gasteiger partial charge in [0, 0.05) is 24.6 Å². The van der Waals surface area contributed by atoms with Crippen LogP contribution in [0.1, 0.15) is 18.4 Å². The van der Waals surface area contributed by atoms with E-state index in [1.807, 2.05) is 19.2 Å². The standard InChI is InChI=1S/C15H24N2O2/c1-11-7-12(18-3)8-13(19-4)14(11)17-10-15(5-6-15)9-16-2/h7-8,16-17H,5-6,9-10H2,1-4H3. The summed E-state index contributed by atoms with van der Waals surface area (Å²) < 4.78 is 10.7. The van der Waals surface area contributed by atoms with Crippen LogP contribution < -0.4 is 20.1 Å². The van der Waals surface area contributed by atoms with E-state index in [0.29, 0.717) is 5.41 Å². The van der Waals surface area contributed by atoms with Crippen LogP contribution in [0.25, 0.3) is 0 Å². The summed E-state index contributed by atoms with van der Waals surface area (Å²) in [5, 5.41) is 6.83. The normalized spacial score (nSPS) is 16.0.